The summed E-state index contributed by atoms with van der Waals surface area (Å²) in [5.74, 6) is 4.96. The highest BCUT2D eigenvalue weighted by Gasteiger charge is 2.30. The zero-order valence-electron chi connectivity index (χ0n) is 12.2. The minimum absolute atomic E-state index is 0.0349. The number of halogens is 3. The second kappa shape index (κ2) is 7.11. The van der Waals surface area contributed by atoms with Crippen LogP contribution in [0, 0.1) is 5.92 Å². The normalized spacial score (nSPS) is 17.5. The molecule has 3 N–H and O–H groups in total. The Bertz CT molecular complexity index is 494. The maximum absolute atomic E-state index is 12.5. The fourth-order valence-electron chi connectivity index (χ4n) is 2.68. The molecule has 1 aliphatic heterocycles. The topological polar surface area (TPSA) is 58.4 Å². The number of alkyl halides is 3. The summed E-state index contributed by atoms with van der Waals surface area (Å²) in [5.41, 5.74) is 2.44. The number of nitrogens with one attached hydrogen (secondary N) is 1. The van der Waals surface area contributed by atoms with Crippen LogP contribution in [0.4, 0.5) is 13.2 Å². The molecule has 0 atom stereocenters. The number of benzene rings is 1. The molecule has 0 radical (unpaired) electrons. The second-order valence-corrected chi connectivity index (χ2v) is 5.57. The lowest BCUT2D eigenvalue weighted by molar-refractivity contribution is -0.137. The van der Waals surface area contributed by atoms with Gasteiger partial charge in [-0.25, -0.2) is 5.84 Å². The van der Waals surface area contributed by atoms with E-state index in [-0.39, 0.29) is 11.8 Å². The van der Waals surface area contributed by atoms with E-state index in [1.807, 2.05) is 0 Å². The molecule has 0 bridgehead atoms. The van der Waals surface area contributed by atoms with Crippen molar-refractivity contribution in [3.05, 3.63) is 35.4 Å². The zero-order valence-corrected chi connectivity index (χ0v) is 12.2. The van der Waals surface area contributed by atoms with Crippen LogP contribution < -0.4 is 11.3 Å². The van der Waals surface area contributed by atoms with E-state index in [9.17, 15) is 18.0 Å². The number of nitrogens with zero attached hydrogens (tertiary/aromatic N) is 1. The van der Waals surface area contributed by atoms with Gasteiger partial charge in [0.2, 0.25) is 5.91 Å². The standard InChI is InChI=1S/C15H20F3N3O/c16-15(17,18)13-3-1-11(2-4-13)5-8-21-9-6-12(7-10-21)14(22)20-19/h1-4,12H,5-10,19H2,(H,20,22). The third-order valence-corrected chi connectivity index (χ3v) is 4.10. The smallest absolute Gasteiger partial charge is 0.303 e. The quantitative estimate of drug-likeness (QED) is 0.507. The van der Waals surface area contributed by atoms with E-state index in [1.165, 1.54) is 12.1 Å². The largest absolute Gasteiger partial charge is 0.416 e. The lowest BCUT2D eigenvalue weighted by Gasteiger charge is -2.30. The highest BCUT2D eigenvalue weighted by atomic mass is 19.4. The van der Waals surface area contributed by atoms with Crippen LogP contribution in [-0.4, -0.2) is 30.4 Å². The molecule has 0 spiro atoms. The number of nitrogens with two attached hydrogens (primary N) is 1. The van der Waals surface area contributed by atoms with Crippen molar-refractivity contribution >= 4 is 5.91 Å². The third-order valence-electron chi connectivity index (χ3n) is 4.10. The Hall–Kier alpha value is -1.60. The van der Waals surface area contributed by atoms with Gasteiger partial charge < -0.3 is 4.90 Å². The Morgan fingerprint density at radius 3 is 2.32 bits per heavy atom. The molecule has 1 heterocycles. The highest BCUT2D eigenvalue weighted by Crippen LogP contribution is 2.29. The first-order valence-electron chi connectivity index (χ1n) is 7.29. The molecule has 0 unspecified atom stereocenters. The monoisotopic (exact) mass is 315 g/mol. The molecular weight excluding hydrogens is 295 g/mol. The van der Waals surface area contributed by atoms with Crippen LogP contribution in [0.25, 0.3) is 0 Å². The van der Waals surface area contributed by atoms with Gasteiger partial charge in [0.15, 0.2) is 0 Å². The van der Waals surface area contributed by atoms with Gasteiger partial charge in [0.1, 0.15) is 0 Å². The molecule has 7 heteroatoms. The predicted molar refractivity (Wildman–Crippen MR) is 76.6 cm³/mol. The van der Waals surface area contributed by atoms with Crippen LogP contribution in [0.5, 0.6) is 0 Å². The fourth-order valence-corrected chi connectivity index (χ4v) is 2.68. The highest BCUT2D eigenvalue weighted by molar-refractivity contribution is 5.78. The molecule has 1 saturated heterocycles. The van der Waals surface area contributed by atoms with Gasteiger partial charge in [0.05, 0.1) is 5.56 Å². The van der Waals surface area contributed by atoms with E-state index in [0.717, 1.165) is 50.2 Å². The van der Waals surface area contributed by atoms with Gasteiger partial charge in [-0.1, -0.05) is 12.1 Å². The molecule has 22 heavy (non-hydrogen) atoms. The summed E-state index contributed by atoms with van der Waals surface area (Å²) < 4.78 is 37.4. The second-order valence-electron chi connectivity index (χ2n) is 5.57. The van der Waals surface area contributed by atoms with Crippen LogP contribution in [0.2, 0.25) is 0 Å². The Labute approximate surface area is 127 Å². The van der Waals surface area contributed by atoms with Crippen molar-refractivity contribution in [2.75, 3.05) is 19.6 Å². The summed E-state index contributed by atoms with van der Waals surface area (Å²) in [7, 11) is 0. The average Bonchev–Trinajstić information content (AvgIpc) is 2.52. The van der Waals surface area contributed by atoms with E-state index in [4.69, 9.17) is 5.84 Å². The number of hydrazine groups is 1. The molecule has 4 nitrogen and oxygen atoms in total. The minimum Gasteiger partial charge on any atom is -0.303 e. The average molecular weight is 315 g/mol. The van der Waals surface area contributed by atoms with Gasteiger partial charge in [-0.3, -0.25) is 10.2 Å². The summed E-state index contributed by atoms with van der Waals surface area (Å²) in [6, 6.07) is 5.29. The molecule has 1 aromatic carbocycles. The number of piperidine rings is 1. The molecule has 0 aliphatic carbocycles. The number of likely N-dealkylation sites (tertiary alicyclic amines) is 1. The molecule has 1 amide bonds. The van der Waals surface area contributed by atoms with Gasteiger partial charge in [-0.05, 0) is 50.0 Å². The van der Waals surface area contributed by atoms with Crippen molar-refractivity contribution in [2.45, 2.75) is 25.4 Å². The molecule has 2 rings (SSSR count). The van der Waals surface area contributed by atoms with Crippen LogP contribution in [0.3, 0.4) is 0 Å². The number of amides is 1. The van der Waals surface area contributed by atoms with Gasteiger partial charge in [-0.2, -0.15) is 13.2 Å². The Kier molecular flexibility index (Phi) is 5.42. The first-order chi connectivity index (χ1) is 10.4. The number of carbonyl (C=O) groups excluding carboxylic acids is 1. The number of hydrogen-bond donors (Lipinski definition) is 2. The molecular formula is C15H20F3N3O. The van der Waals surface area contributed by atoms with Crippen molar-refractivity contribution in [1.29, 1.82) is 0 Å². The van der Waals surface area contributed by atoms with Crippen molar-refractivity contribution in [1.82, 2.24) is 10.3 Å². The summed E-state index contributed by atoms with van der Waals surface area (Å²) in [4.78, 5) is 13.6. The fraction of sp³-hybridized carbons (Fsp3) is 0.533. The predicted octanol–water partition coefficient (Wildman–Crippen LogP) is 1.95. The molecule has 1 aliphatic rings. The number of rotatable bonds is 4. The summed E-state index contributed by atoms with van der Waals surface area (Å²) >= 11 is 0. The van der Waals surface area contributed by atoms with Gasteiger partial charge in [0, 0.05) is 12.5 Å². The third kappa shape index (κ3) is 4.45. The van der Waals surface area contributed by atoms with E-state index in [2.05, 4.69) is 10.3 Å². The lowest BCUT2D eigenvalue weighted by atomic mass is 9.96. The van der Waals surface area contributed by atoms with Crippen molar-refractivity contribution in [3.63, 3.8) is 0 Å². The molecule has 122 valence electrons. The van der Waals surface area contributed by atoms with E-state index in [1.54, 1.807) is 0 Å². The zero-order chi connectivity index (χ0) is 16.2. The van der Waals surface area contributed by atoms with Crippen LogP contribution >= 0.6 is 0 Å². The van der Waals surface area contributed by atoms with Crippen molar-refractivity contribution in [2.24, 2.45) is 11.8 Å². The van der Waals surface area contributed by atoms with Crippen molar-refractivity contribution < 1.29 is 18.0 Å². The van der Waals surface area contributed by atoms with E-state index in [0.29, 0.717) is 6.42 Å². The molecule has 1 fully saturated rings. The summed E-state index contributed by atoms with van der Waals surface area (Å²) in [5, 5.41) is 0. The van der Waals surface area contributed by atoms with Crippen LogP contribution in [0.15, 0.2) is 24.3 Å². The molecule has 0 saturated carbocycles. The maximum Gasteiger partial charge on any atom is 0.416 e. The van der Waals surface area contributed by atoms with Crippen LogP contribution in [0.1, 0.15) is 24.0 Å². The van der Waals surface area contributed by atoms with Gasteiger partial charge in [-0.15, -0.1) is 0 Å². The minimum atomic E-state index is -4.29. The Morgan fingerprint density at radius 1 is 1.23 bits per heavy atom. The van der Waals surface area contributed by atoms with Crippen LogP contribution in [-0.2, 0) is 17.4 Å². The van der Waals surface area contributed by atoms with Gasteiger partial charge in [0.25, 0.3) is 0 Å². The Morgan fingerprint density at radius 2 is 1.82 bits per heavy atom. The summed E-state index contributed by atoms with van der Waals surface area (Å²) in [6.07, 6.45) is -2.07. The SMILES string of the molecule is NNC(=O)C1CCN(CCc2ccc(C(F)(F)F)cc2)CC1. The molecule has 0 aromatic heterocycles. The molecule has 1 aromatic rings. The van der Waals surface area contributed by atoms with Crippen molar-refractivity contribution in [3.8, 4) is 0 Å². The Balaban J connectivity index is 1.78. The number of carbonyl (C=O) groups is 1. The first-order valence-corrected chi connectivity index (χ1v) is 7.29. The summed E-state index contributed by atoms with van der Waals surface area (Å²) in [6.45, 7) is 2.39. The first kappa shape index (κ1) is 16.8. The van der Waals surface area contributed by atoms with Gasteiger partial charge >= 0.3 is 6.18 Å². The maximum atomic E-state index is 12.5. The van der Waals surface area contributed by atoms with E-state index < -0.39 is 11.7 Å². The van der Waals surface area contributed by atoms with E-state index >= 15 is 0 Å². The number of hydrogen-bond acceptors (Lipinski definition) is 3. The lowest BCUT2D eigenvalue weighted by Crippen LogP contribution is -2.43.